The van der Waals surface area contributed by atoms with Crippen molar-refractivity contribution in [1.82, 2.24) is 0 Å². The van der Waals surface area contributed by atoms with Crippen LogP contribution in [0, 0.1) is 16.0 Å². The number of rotatable bonds is 5. The van der Waals surface area contributed by atoms with E-state index >= 15 is 0 Å². The van der Waals surface area contributed by atoms with E-state index in [4.69, 9.17) is 0 Å². The fraction of sp³-hybridized carbons (Fsp3) is 0.667. The molecule has 0 amide bonds. The maximum absolute atomic E-state index is 11.0. The van der Waals surface area contributed by atoms with Gasteiger partial charge in [-0.3, -0.25) is 10.1 Å². The lowest BCUT2D eigenvalue weighted by Crippen LogP contribution is -2.29. The van der Waals surface area contributed by atoms with Crippen molar-refractivity contribution in [3.63, 3.8) is 0 Å². The molecule has 1 fully saturated rings. The molecule has 1 aromatic rings. The molecule has 1 aliphatic carbocycles. The fourth-order valence-corrected chi connectivity index (χ4v) is 3.18. The molecule has 100 valence electrons. The van der Waals surface area contributed by atoms with Crippen LogP contribution in [0.2, 0.25) is 0 Å². The van der Waals surface area contributed by atoms with E-state index in [0.717, 1.165) is 6.54 Å². The summed E-state index contributed by atoms with van der Waals surface area (Å²) >= 11 is 1.31. The van der Waals surface area contributed by atoms with Crippen molar-refractivity contribution in [2.24, 2.45) is 5.92 Å². The summed E-state index contributed by atoms with van der Waals surface area (Å²) in [5.74, 6) is 0.659. The third-order valence-corrected chi connectivity index (χ3v) is 4.83. The van der Waals surface area contributed by atoms with Gasteiger partial charge in [-0.15, -0.1) is 11.3 Å². The van der Waals surface area contributed by atoms with Crippen molar-refractivity contribution >= 4 is 22.0 Å². The Hall–Kier alpha value is -1.14. The maximum Gasteiger partial charge on any atom is 0.304 e. The maximum atomic E-state index is 11.0. The quantitative estimate of drug-likeness (QED) is 0.660. The molecule has 0 bridgehead atoms. The van der Waals surface area contributed by atoms with Gasteiger partial charge in [-0.05, 0) is 25.7 Å². The summed E-state index contributed by atoms with van der Waals surface area (Å²) < 4.78 is 0. The van der Waals surface area contributed by atoms with Crippen LogP contribution in [-0.2, 0) is 0 Å². The average Bonchev–Trinajstić information content (AvgIpc) is 2.68. The zero-order valence-electron chi connectivity index (χ0n) is 10.6. The Morgan fingerprint density at radius 3 is 2.78 bits per heavy atom. The van der Waals surface area contributed by atoms with Gasteiger partial charge in [-0.25, -0.2) is 0 Å². The third-order valence-electron chi connectivity index (χ3n) is 3.42. The van der Waals surface area contributed by atoms with Crippen molar-refractivity contribution in [2.75, 3.05) is 18.5 Å². The minimum atomic E-state index is -0.653. The highest BCUT2D eigenvalue weighted by atomic mass is 32.1. The van der Waals surface area contributed by atoms with Crippen LogP contribution in [0.5, 0.6) is 0 Å². The second-order valence-corrected chi connectivity index (χ2v) is 6.01. The molecule has 18 heavy (non-hydrogen) atoms. The molecule has 1 aromatic heterocycles. The van der Waals surface area contributed by atoms with Gasteiger partial charge in [0.25, 0.3) is 0 Å². The van der Waals surface area contributed by atoms with Gasteiger partial charge >= 0.3 is 5.69 Å². The first kappa shape index (κ1) is 13.3. The summed E-state index contributed by atoms with van der Waals surface area (Å²) in [7, 11) is 1.89. The van der Waals surface area contributed by atoms with Crippen LogP contribution in [0.25, 0.3) is 0 Å². The first-order valence-electron chi connectivity index (χ1n) is 6.16. The largest absolute Gasteiger partial charge is 0.388 e. The zero-order chi connectivity index (χ0) is 13.3. The number of hydrogen-bond donors (Lipinski definition) is 1. The third kappa shape index (κ3) is 2.64. The van der Waals surface area contributed by atoms with Gasteiger partial charge in [-0.2, -0.15) is 0 Å². The molecule has 6 heteroatoms. The first-order valence-corrected chi connectivity index (χ1v) is 6.98. The van der Waals surface area contributed by atoms with E-state index in [1.165, 1.54) is 36.7 Å². The molecule has 5 nitrogen and oxygen atoms in total. The Kier molecular flexibility index (Phi) is 3.87. The van der Waals surface area contributed by atoms with E-state index in [-0.39, 0.29) is 10.6 Å². The lowest BCUT2D eigenvalue weighted by molar-refractivity contribution is -0.383. The first-order chi connectivity index (χ1) is 8.49. The predicted molar refractivity (Wildman–Crippen MR) is 72.2 cm³/mol. The molecule has 0 saturated heterocycles. The molecule has 0 unspecified atom stereocenters. The number of thiophene rings is 1. The molecule has 1 N–H and O–H groups in total. The standard InChI is InChI=1S/C12H18N2O3S/c1-8(15)11-6-10(14(16)17)12(18-11)13(2)7-9-4-3-5-9/h6,8-9,15H,3-5,7H2,1-2H3/t8-/m0/s1. The summed E-state index contributed by atoms with van der Waals surface area (Å²) in [6, 6.07) is 1.49. The van der Waals surface area contributed by atoms with Crippen LogP contribution >= 0.6 is 11.3 Å². The lowest BCUT2D eigenvalue weighted by atomic mass is 9.85. The van der Waals surface area contributed by atoms with Crippen molar-refractivity contribution in [3.05, 3.63) is 21.1 Å². The molecular formula is C12H18N2O3S. The van der Waals surface area contributed by atoms with E-state index in [0.29, 0.717) is 15.8 Å². The molecular weight excluding hydrogens is 252 g/mol. The van der Waals surface area contributed by atoms with Gasteiger partial charge in [0.05, 0.1) is 11.0 Å². The van der Waals surface area contributed by atoms with Gasteiger partial charge in [0.15, 0.2) is 5.00 Å². The normalized spacial score (nSPS) is 17.3. The van der Waals surface area contributed by atoms with Crippen LogP contribution in [-0.4, -0.2) is 23.6 Å². The fourth-order valence-electron chi connectivity index (χ4n) is 2.15. The molecule has 1 atom stereocenters. The second kappa shape index (κ2) is 5.24. The summed E-state index contributed by atoms with van der Waals surface area (Å²) in [5, 5.41) is 21.2. The second-order valence-electron chi connectivity index (χ2n) is 4.95. The molecule has 0 radical (unpaired) electrons. The molecule has 1 heterocycles. The molecule has 0 aliphatic heterocycles. The Balaban J connectivity index is 2.20. The van der Waals surface area contributed by atoms with Gasteiger partial charge in [-0.1, -0.05) is 6.42 Å². The summed E-state index contributed by atoms with van der Waals surface area (Å²) in [5.41, 5.74) is 0.109. The number of aliphatic hydroxyl groups is 1. The molecule has 0 aromatic carbocycles. The summed E-state index contributed by atoms with van der Waals surface area (Å²) in [4.78, 5) is 13.3. The van der Waals surface area contributed by atoms with E-state index in [9.17, 15) is 15.2 Å². The SMILES string of the molecule is C[C@H](O)c1cc([N+](=O)[O-])c(N(C)CC2CCC2)s1. The lowest BCUT2D eigenvalue weighted by Gasteiger charge is -2.30. The molecule has 0 spiro atoms. The minimum absolute atomic E-state index is 0.109. The van der Waals surface area contributed by atoms with Gasteiger partial charge < -0.3 is 10.0 Å². The number of nitrogens with zero attached hydrogens (tertiary/aromatic N) is 2. The summed E-state index contributed by atoms with van der Waals surface area (Å²) in [6.45, 7) is 2.49. The van der Waals surface area contributed by atoms with E-state index in [1.807, 2.05) is 11.9 Å². The molecule has 2 rings (SSSR count). The molecule has 1 aliphatic rings. The van der Waals surface area contributed by atoms with Crippen molar-refractivity contribution in [1.29, 1.82) is 0 Å². The molecule has 1 saturated carbocycles. The van der Waals surface area contributed by atoms with Crippen LogP contribution in [0.4, 0.5) is 10.7 Å². The van der Waals surface area contributed by atoms with E-state index in [2.05, 4.69) is 0 Å². The van der Waals surface area contributed by atoms with Gasteiger partial charge in [0.2, 0.25) is 0 Å². The monoisotopic (exact) mass is 270 g/mol. The predicted octanol–water partition coefficient (Wildman–Crippen LogP) is 2.95. The summed E-state index contributed by atoms with van der Waals surface area (Å²) in [6.07, 6.45) is 3.04. The average molecular weight is 270 g/mol. The van der Waals surface area contributed by atoms with Crippen molar-refractivity contribution < 1.29 is 10.0 Å². The van der Waals surface area contributed by atoms with E-state index in [1.54, 1.807) is 6.92 Å². The van der Waals surface area contributed by atoms with Crippen molar-refractivity contribution in [2.45, 2.75) is 32.3 Å². The van der Waals surface area contributed by atoms with Gasteiger partial charge in [0, 0.05) is 24.5 Å². The smallest absolute Gasteiger partial charge is 0.304 e. The van der Waals surface area contributed by atoms with E-state index < -0.39 is 6.10 Å². The highest BCUT2D eigenvalue weighted by Crippen LogP contribution is 2.40. The van der Waals surface area contributed by atoms with Crippen molar-refractivity contribution in [3.8, 4) is 0 Å². The Labute approximate surface area is 110 Å². The Bertz CT molecular complexity index is 441. The number of nitro groups is 1. The zero-order valence-corrected chi connectivity index (χ0v) is 11.4. The highest BCUT2D eigenvalue weighted by molar-refractivity contribution is 7.16. The minimum Gasteiger partial charge on any atom is -0.388 e. The highest BCUT2D eigenvalue weighted by Gasteiger charge is 2.26. The number of anilines is 1. The Morgan fingerprint density at radius 1 is 1.67 bits per heavy atom. The Morgan fingerprint density at radius 2 is 2.33 bits per heavy atom. The van der Waals surface area contributed by atoms with Crippen LogP contribution in [0.15, 0.2) is 6.07 Å². The number of hydrogen-bond acceptors (Lipinski definition) is 5. The van der Waals surface area contributed by atoms with Crippen LogP contribution in [0.1, 0.15) is 37.2 Å². The topological polar surface area (TPSA) is 66.6 Å². The van der Waals surface area contributed by atoms with Crippen LogP contribution in [0.3, 0.4) is 0 Å². The number of aliphatic hydroxyl groups excluding tert-OH is 1. The van der Waals surface area contributed by atoms with Gasteiger partial charge in [0.1, 0.15) is 0 Å². The van der Waals surface area contributed by atoms with Crippen LogP contribution < -0.4 is 4.90 Å².